The molecule has 0 aromatic heterocycles. The van der Waals surface area contributed by atoms with E-state index in [0.29, 0.717) is 5.75 Å². The molecule has 0 aliphatic heterocycles. The molecule has 0 bridgehead atoms. The minimum Gasteiger partial charge on any atom is -0.465 e. The summed E-state index contributed by atoms with van der Waals surface area (Å²) in [6.45, 7) is 7.97. The Morgan fingerprint density at radius 2 is 1.09 bits per heavy atom. The number of hydrogen-bond acceptors (Lipinski definition) is 11. The van der Waals surface area contributed by atoms with Gasteiger partial charge in [0.25, 0.3) is 0 Å². The van der Waals surface area contributed by atoms with Crippen molar-refractivity contribution in [3.63, 3.8) is 0 Å². The third-order valence-electron chi connectivity index (χ3n) is 3.68. The van der Waals surface area contributed by atoms with Crippen LogP contribution in [0.4, 0.5) is 0 Å². The smallest absolute Gasteiger partial charge is 0.330 e. The average molecular weight is 473 g/mol. The molecule has 0 unspecified atom stereocenters. The summed E-state index contributed by atoms with van der Waals surface area (Å²) in [5.41, 5.74) is -1.39. The molecule has 0 atom stereocenters. The lowest BCUT2D eigenvalue weighted by molar-refractivity contribution is -0.167. The van der Waals surface area contributed by atoms with Crippen LogP contribution >= 0.6 is 11.8 Å². The highest BCUT2D eigenvalue weighted by Crippen LogP contribution is 2.22. The fraction of sp³-hybridized carbons (Fsp3) is 0.476. The average Bonchev–Trinajstić information content (AvgIpc) is 2.80. The van der Waals surface area contributed by atoms with E-state index in [9.17, 15) is 24.0 Å². The fourth-order valence-electron chi connectivity index (χ4n) is 1.91. The van der Waals surface area contributed by atoms with E-state index in [1.54, 1.807) is 0 Å². The Hall–Kier alpha value is -3.08. The summed E-state index contributed by atoms with van der Waals surface area (Å²) in [6, 6.07) is 0. The van der Waals surface area contributed by atoms with Crippen molar-refractivity contribution in [3.05, 3.63) is 38.0 Å². The molecule has 0 aliphatic rings. The largest absolute Gasteiger partial charge is 0.465 e. The molecule has 0 radical (unpaired) electrons. The zero-order valence-electron chi connectivity index (χ0n) is 18.0. The van der Waals surface area contributed by atoms with Crippen molar-refractivity contribution in [3.8, 4) is 0 Å². The number of esters is 5. The summed E-state index contributed by atoms with van der Waals surface area (Å²) in [5.74, 6) is -3.00. The molecule has 0 aromatic rings. The Bertz CT molecular complexity index is 677. The van der Waals surface area contributed by atoms with Gasteiger partial charge in [0.1, 0.15) is 38.4 Å². The Morgan fingerprint density at radius 3 is 1.53 bits per heavy atom. The van der Waals surface area contributed by atoms with E-state index in [1.165, 1.54) is 11.8 Å². The van der Waals surface area contributed by atoms with Crippen LogP contribution in [0.25, 0.3) is 0 Å². The zero-order valence-corrected chi connectivity index (χ0v) is 18.8. The molecule has 0 aliphatic carbocycles. The van der Waals surface area contributed by atoms with E-state index < -0.39 is 55.1 Å². The van der Waals surface area contributed by atoms with Crippen molar-refractivity contribution >= 4 is 41.6 Å². The molecule has 0 heterocycles. The van der Waals surface area contributed by atoms with E-state index in [4.69, 9.17) is 23.7 Å². The molecule has 0 saturated heterocycles. The first-order valence-electron chi connectivity index (χ1n) is 9.39. The van der Waals surface area contributed by atoms with Gasteiger partial charge in [-0.25, -0.2) is 14.4 Å². The van der Waals surface area contributed by atoms with Crippen molar-refractivity contribution in [2.75, 3.05) is 45.0 Å². The number of carbonyl (C=O) groups excluding carboxylic acids is 5. The number of thioether (sulfide) groups is 1. The monoisotopic (exact) mass is 472 g/mol. The fourth-order valence-corrected chi connectivity index (χ4v) is 2.28. The number of ether oxygens (including phenoxy) is 5. The number of hydrogen-bond donors (Lipinski definition) is 0. The standard InChI is InChI=1S/C21H28O10S/c1-5-16(22)27-10-8-19(25)30-14-21(12-28-17(23)6-2,13-29-18(24)7-3)15-31-20(26)9-11-32-4/h5-7H,1-3,8-15H2,4H3. The highest BCUT2D eigenvalue weighted by molar-refractivity contribution is 7.98. The second kappa shape index (κ2) is 16.6. The van der Waals surface area contributed by atoms with Crippen LogP contribution in [0.1, 0.15) is 12.8 Å². The van der Waals surface area contributed by atoms with Crippen LogP contribution in [-0.2, 0) is 47.7 Å². The highest BCUT2D eigenvalue weighted by atomic mass is 32.2. The van der Waals surface area contributed by atoms with E-state index in [-0.39, 0.29) is 26.1 Å². The van der Waals surface area contributed by atoms with Gasteiger partial charge in [-0.1, -0.05) is 19.7 Å². The van der Waals surface area contributed by atoms with Crippen LogP contribution in [-0.4, -0.2) is 74.9 Å². The molecule has 0 aromatic carbocycles. The Labute approximate surface area is 190 Å². The van der Waals surface area contributed by atoms with Gasteiger partial charge in [0.05, 0.1) is 12.8 Å². The molecule has 0 saturated carbocycles. The van der Waals surface area contributed by atoms with Crippen molar-refractivity contribution in [1.82, 2.24) is 0 Å². The van der Waals surface area contributed by atoms with E-state index in [1.807, 2.05) is 6.26 Å². The molecule has 0 N–H and O–H groups in total. The SMILES string of the molecule is C=CC(=O)OCCC(=O)OCC(COC(=O)C=C)(COC(=O)C=C)COC(=O)CCSC. The maximum atomic E-state index is 12.0. The van der Waals surface area contributed by atoms with Gasteiger partial charge in [-0.2, -0.15) is 11.8 Å². The van der Waals surface area contributed by atoms with Crippen LogP contribution in [0.5, 0.6) is 0 Å². The second-order valence-electron chi connectivity index (χ2n) is 6.31. The lowest BCUT2D eigenvalue weighted by Crippen LogP contribution is -2.43. The van der Waals surface area contributed by atoms with Crippen LogP contribution in [0.15, 0.2) is 38.0 Å². The van der Waals surface area contributed by atoms with Gasteiger partial charge >= 0.3 is 29.8 Å². The Morgan fingerprint density at radius 1 is 0.688 bits per heavy atom. The highest BCUT2D eigenvalue weighted by Gasteiger charge is 2.37. The van der Waals surface area contributed by atoms with E-state index in [0.717, 1.165) is 18.2 Å². The summed E-state index contributed by atoms with van der Waals surface area (Å²) >= 11 is 1.45. The van der Waals surface area contributed by atoms with Gasteiger partial charge < -0.3 is 23.7 Å². The Balaban J connectivity index is 5.32. The van der Waals surface area contributed by atoms with Crippen molar-refractivity contribution < 1.29 is 47.7 Å². The molecule has 0 amide bonds. The van der Waals surface area contributed by atoms with E-state index in [2.05, 4.69) is 19.7 Å². The quantitative estimate of drug-likeness (QED) is 0.173. The van der Waals surface area contributed by atoms with Gasteiger partial charge in [-0.05, 0) is 6.26 Å². The molecule has 10 nitrogen and oxygen atoms in total. The predicted molar refractivity (Wildman–Crippen MR) is 115 cm³/mol. The first-order chi connectivity index (χ1) is 15.2. The summed E-state index contributed by atoms with van der Waals surface area (Å²) in [4.78, 5) is 58.2. The first kappa shape index (κ1) is 28.9. The zero-order chi connectivity index (χ0) is 24.4. The summed E-state index contributed by atoms with van der Waals surface area (Å²) < 4.78 is 25.2. The van der Waals surface area contributed by atoms with Crippen molar-refractivity contribution in [1.29, 1.82) is 0 Å². The minimum atomic E-state index is -1.39. The van der Waals surface area contributed by atoms with Crippen LogP contribution in [0, 0.1) is 5.41 Å². The topological polar surface area (TPSA) is 132 Å². The first-order valence-corrected chi connectivity index (χ1v) is 10.8. The Kier molecular flexibility index (Phi) is 15.0. The maximum Gasteiger partial charge on any atom is 0.330 e. The van der Waals surface area contributed by atoms with Crippen LogP contribution in [0.2, 0.25) is 0 Å². The third-order valence-corrected chi connectivity index (χ3v) is 4.29. The molecular weight excluding hydrogens is 444 g/mol. The maximum absolute atomic E-state index is 12.0. The molecule has 0 fully saturated rings. The summed E-state index contributed by atoms with van der Waals surface area (Å²) in [7, 11) is 0. The van der Waals surface area contributed by atoms with Gasteiger partial charge in [-0.15, -0.1) is 0 Å². The van der Waals surface area contributed by atoms with Crippen molar-refractivity contribution in [2.24, 2.45) is 5.41 Å². The van der Waals surface area contributed by atoms with Gasteiger partial charge in [-0.3, -0.25) is 9.59 Å². The lowest BCUT2D eigenvalue weighted by Gasteiger charge is -2.31. The molecule has 178 valence electrons. The van der Waals surface area contributed by atoms with Gasteiger partial charge in [0.15, 0.2) is 0 Å². The summed E-state index contributed by atoms with van der Waals surface area (Å²) in [5, 5.41) is 0. The molecule has 0 rings (SSSR count). The van der Waals surface area contributed by atoms with Crippen LogP contribution in [0.3, 0.4) is 0 Å². The van der Waals surface area contributed by atoms with Crippen molar-refractivity contribution in [2.45, 2.75) is 12.8 Å². The second-order valence-corrected chi connectivity index (χ2v) is 7.30. The predicted octanol–water partition coefficient (Wildman–Crippen LogP) is 1.39. The van der Waals surface area contributed by atoms with Gasteiger partial charge in [0.2, 0.25) is 0 Å². The number of rotatable bonds is 17. The normalized spacial score (nSPS) is 10.3. The number of carbonyl (C=O) groups is 5. The van der Waals surface area contributed by atoms with Gasteiger partial charge in [0, 0.05) is 24.0 Å². The molecule has 32 heavy (non-hydrogen) atoms. The van der Waals surface area contributed by atoms with Crippen LogP contribution < -0.4 is 0 Å². The van der Waals surface area contributed by atoms with E-state index >= 15 is 0 Å². The lowest BCUT2D eigenvalue weighted by atomic mass is 9.92. The molecular formula is C21H28O10S. The summed E-state index contributed by atoms with van der Waals surface area (Å²) in [6.07, 6.45) is 4.49. The molecule has 11 heteroatoms. The third kappa shape index (κ3) is 13.3. The molecule has 0 spiro atoms. The minimum absolute atomic E-state index is 0.130.